The Hall–Kier alpha value is -5.55. The molecule has 0 radical (unpaired) electrons. The summed E-state index contributed by atoms with van der Waals surface area (Å²) in [6, 6.07) is 6.47. The summed E-state index contributed by atoms with van der Waals surface area (Å²) in [5.41, 5.74) is 12.3. The minimum absolute atomic E-state index is 0.0584. The molecular weight excluding hydrogens is 678 g/mol. The second kappa shape index (κ2) is 19.2. The van der Waals surface area contributed by atoms with Crippen LogP contribution in [0.5, 0.6) is 5.75 Å². The lowest BCUT2D eigenvalue weighted by Gasteiger charge is -2.29. The molecule has 1 saturated heterocycles. The van der Waals surface area contributed by atoms with Crippen molar-refractivity contribution in [3.05, 3.63) is 65.7 Å². The molecule has 0 aromatic heterocycles. The van der Waals surface area contributed by atoms with Crippen LogP contribution in [0.15, 0.2) is 54.6 Å². The highest BCUT2D eigenvalue weighted by Crippen LogP contribution is 2.19. The number of amides is 6. The van der Waals surface area contributed by atoms with Gasteiger partial charge >= 0.3 is 5.97 Å². The number of nitrogens with two attached hydrogens (primary N) is 2. The first-order valence-corrected chi connectivity index (χ1v) is 16.8. The molecule has 0 bridgehead atoms. The van der Waals surface area contributed by atoms with E-state index in [2.05, 4.69) is 21.3 Å². The quantitative estimate of drug-likeness (QED) is 0.0814. The molecule has 0 unspecified atom stereocenters. The summed E-state index contributed by atoms with van der Waals surface area (Å²) in [4.78, 5) is 92.4. The Kier molecular flexibility index (Phi) is 15.1. The third-order valence-electron chi connectivity index (χ3n) is 8.56. The highest BCUT2D eigenvalue weighted by Gasteiger charge is 2.38. The summed E-state index contributed by atoms with van der Waals surface area (Å²) < 4.78 is 0. The van der Waals surface area contributed by atoms with Gasteiger partial charge in [0.15, 0.2) is 0 Å². The zero-order valence-corrected chi connectivity index (χ0v) is 29.0. The molecule has 52 heavy (non-hydrogen) atoms. The van der Waals surface area contributed by atoms with Gasteiger partial charge in [-0.3, -0.25) is 33.6 Å². The lowest BCUT2D eigenvalue weighted by molar-refractivity contribution is -0.142. The molecule has 0 aliphatic carbocycles. The predicted molar refractivity (Wildman–Crippen MR) is 186 cm³/mol. The molecule has 3 rings (SSSR count). The van der Waals surface area contributed by atoms with Crippen LogP contribution >= 0.6 is 0 Å². The molecular formula is C35H47N7O10. The summed E-state index contributed by atoms with van der Waals surface area (Å²) in [6.07, 6.45) is -0.444. The van der Waals surface area contributed by atoms with Crippen molar-refractivity contribution in [3.63, 3.8) is 0 Å². The van der Waals surface area contributed by atoms with Gasteiger partial charge in [0.2, 0.25) is 35.4 Å². The van der Waals surface area contributed by atoms with Gasteiger partial charge in [-0.2, -0.15) is 0 Å². The van der Waals surface area contributed by atoms with Gasteiger partial charge in [0.25, 0.3) is 0 Å². The Morgan fingerprint density at radius 2 is 1.35 bits per heavy atom. The molecule has 1 aliphatic rings. The number of benzene rings is 2. The number of phenolic OH excluding ortho intramolecular Hbond substituents is 1. The van der Waals surface area contributed by atoms with Gasteiger partial charge in [-0.25, -0.2) is 0 Å². The Bertz CT molecular complexity index is 1590. The number of hydrogen-bond donors (Lipinski definition) is 9. The first-order chi connectivity index (χ1) is 24.6. The number of aromatic hydroxyl groups is 1. The number of phenols is 1. The molecule has 1 aliphatic heterocycles. The zero-order valence-electron chi connectivity index (χ0n) is 29.0. The summed E-state index contributed by atoms with van der Waals surface area (Å²) in [5.74, 6) is -6.85. The molecule has 0 spiro atoms. The number of carboxylic acid groups (broad SMARTS) is 1. The minimum atomic E-state index is -1.74. The van der Waals surface area contributed by atoms with E-state index >= 15 is 0 Å². The van der Waals surface area contributed by atoms with Crippen molar-refractivity contribution < 1.29 is 48.9 Å². The van der Waals surface area contributed by atoms with E-state index < -0.39 is 96.6 Å². The van der Waals surface area contributed by atoms with E-state index in [0.717, 1.165) is 0 Å². The van der Waals surface area contributed by atoms with Crippen LogP contribution in [-0.4, -0.2) is 111 Å². The lowest BCUT2D eigenvalue weighted by Crippen LogP contribution is -2.60. The van der Waals surface area contributed by atoms with Crippen LogP contribution in [0, 0.1) is 5.92 Å². The number of primary amides is 1. The number of aliphatic hydroxyl groups excluding tert-OH is 1. The number of hydrogen-bond acceptors (Lipinski definition) is 10. The van der Waals surface area contributed by atoms with Crippen LogP contribution in [-0.2, 0) is 46.4 Å². The average molecular weight is 726 g/mol. The van der Waals surface area contributed by atoms with Crippen molar-refractivity contribution >= 4 is 41.4 Å². The minimum Gasteiger partial charge on any atom is -0.508 e. The molecule has 17 nitrogen and oxygen atoms in total. The van der Waals surface area contributed by atoms with Gasteiger partial charge in [0.05, 0.1) is 13.0 Å². The van der Waals surface area contributed by atoms with E-state index in [1.807, 2.05) is 0 Å². The van der Waals surface area contributed by atoms with Crippen LogP contribution in [0.2, 0.25) is 0 Å². The van der Waals surface area contributed by atoms with Gasteiger partial charge in [-0.1, -0.05) is 56.3 Å². The average Bonchev–Trinajstić information content (AvgIpc) is 3.60. The largest absolute Gasteiger partial charge is 0.508 e. The van der Waals surface area contributed by atoms with Gasteiger partial charge < -0.3 is 53.0 Å². The maximum Gasteiger partial charge on any atom is 0.305 e. The number of aliphatic carboxylic acids is 1. The highest BCUT2D eigenvalue weighted by atomic mass is 16.4. The maximum atomic E-state index is 13.8. The third-order valence-corrected chi connectivity index (χ3v) is 8.56. The zero-order chi connectivity index (χ0) is 38.5. The lowest BCUT2D eigenvalue weighted by atomic mass is 10.0. The second-order valence-corrected chi connectivity index (χ2v) is 13.0. The molecule has 1 heterocycles. The van der Waals surface area contributed by atoms with Gasteiger partial charge in [0, 0.05) is 19.4 Å². The Balaban J connectivity index is 1.88. The smallest absolute Gasteiger partial charge is 0.305 e. The number of nitrogens with zero attached hydrogens (tertiary/aromatic N) is 1. The SMILES string of the molecule is CC(C)[C@H](NC(=O)[C@H](Cc1ccccc1)NC(=O)[C@H](CC(=O)O)NC(=O)[C@H](Cc1ccc(O)cc1)NC(=O)[C@@H]1CCCN1C(=O)[C@@H](N)CO)C(N)=O. The van der Waals surface area contributed by atoms with Crippen LogP contribution < -0.4 is 32.7 Å². The van der Waals surface area contributed by atoms with Crippen LogP contribution in [0.4, 0.5) is 0 Å². The monoisotopic (exact) mass is 725 g/mol. The number of likely N-dealkylation sites (tertiary alicyclic amines) is 1. The predicted octanol–water partition coefficient (Wildman–Crippen LogP) is -1.96. The van der Waals surface area contributed by atoms with Crippen molar-refractivity contribution in [2.45, 2.75) is 82.2 Å². The summed E-state index contributed by atoms with van der Waals surface area (Å²) in [6.45, 7) is 2.88. The van der Waals surface area contributed by atoms with Crippen molar-refractivity contribution in [2.24, 2.45) is 17.4 Å². The summed E-state index contributed by atoms with van der Waals surface area (Å²) in [7, 11) is 0. The van der Waals surface area contributed by atoms with E-state index in [0.29, 0.717) is 17.5 Å². The molecule has 6 amide bonds. The normalized spacial score (nSPS) is 16.9. The molecule has 2 aromatic carbocycles. The van der Waals surface area contributed by atoms with Crippen molar-refractivity contribution in [1.82, 2.24) is 26.2 Å². The van der Waals surface area contributed by atoms with Crippen LogP contribution in [0.25, 0.3) is 0 Å². The standard InChI is InChI=1S/C35H47N7O10/c1-19(2)29(30(37)47)41-33(50)25(15-20-7-4-3-5-8-20)38-32(49)26(17-28(45)46)39-31(48)24(16-21-10-12-22(44)13-11-21)40-34(51)27-9-6-14-42(27)35(52)23(36)18-43/h3-5,7-8,10-13,19,23-27,29,43-44H,6,9,14-18,36H2,1-2H3,(H2,37,47)(H,38,49)(H,39,48)(H,40,51)(H,41,50)(H,45,46)/t23-,24-,25-,26-,27-,29-/m0/s1. The molecule has 6 atom stereocenters. The fourth-order valence-electron chi connectivity index (χ4n) is 5.75. The van der Waals surface area contributed by atoms with Crippen LogP contribution in [0.3, 0.4) is 0 Å². The van der Waals surface area contributed by atoms with E-state index in [1.54, 1.807) is 44.2 Å². The molecule has 2 aromatic rings. The van der Waals surface area contributed by atoms with Gasteiger partial charge in [-0.15, -0.1) is 0 Å². The number of aliphatic hydroxyl groups is 1. The van der Waals surface area contributed by atoms with Crippen molar-refractivity contribution in [1.29, 1.82) is 0 Å². The number of carbonyl (C=O) groups is 7. The topological polar surface area (TPSA) is 284 Å². The fraction of sp³-hybridized carbons (Fsp3) is 0.457. The summed E-state index contributed by atoms with van der Waals surface area (Å²) in [5, 5.41) is 38.8. The molecule has 17 heteroatoms. The summed E-state index contributed by atoms with van der Waals surface area (Å²) >= 11 is 0. The number of nitrogens with one attached hydrogen (secondary N) is 4. The van der Waals surface area contributed by atoms with Gasteiger partial charge in [-0.05, 0) is 42.0 Å². The van der Waals surface area contributed by atoms with E-state index in [9.17, 15) is 48.9 Å². The molecule has 1 fully saturated rings. The highest BCUT2D eigenvalue weighted by molar-refractivity contribution is 5.98. The third kappa shape index (κ3) is 11.8. The molecule has 11 N–H and O–H groups in total. The van der Waals surface area contributed by atoms with E-state index in [4.69, 9.17) is 11.5 Å². The fourth-order valence-corrected chi connectivity index (χ4v) is 5.75. The Morgan fingerprint density at radius 3 is 1.90 bits per heavy atom. The Morgan fingerprint density at radius 1 is 0.808 bits per heavy atom. The van der Waals surface area contributed by atoms with Crippen LogP contribution in [0.1, 0.15) is 44.2 Å². The number of carboxylic acids is 1. The number of carbonyl (C=O) groups excluding carboxylic acids is 6. The van der Waals surface area contributed by atoms with Crippen molar-refractivity contribution in [2.75, 3.05) is 13.2 Å². The van der Waals surface area contributed by atoms with Crippen molar-refractivity contribution in [3.8, 4) is 5.75 Å². The first kappa shape index (κ1) is 40.9. The first-order valence-electron chi connectivity index (χ1n) is 16.8. The van der Waals surface area contributed by atoms with E-state index in [-0.39, 0.29) is 31.6 Å². The second-order valence-electron chi connectivity index (χ2n) is 13.0. The van der Waals surface area contributed by atoms with Gasteiger partial charge in [0.1, 0.15) is 42.0 Å². The molecule has 0 saturated carbocycles. The van der Waals surface area contributed by atoms with E-state index in [1.165, 1.54) is 29.2 Å². The maximum absolute atomic E-state index is 13.8. The molecule has 282 valence electrons. The number of rotatable bonds is 18. The Labute approximate surface area is 300 Å².